The van der Waals surface area contributed by atoms with E-state index in [0.29, 0.717) is 10.9 Å². The molecule has 6 N–H and O–H groups in total. The number of fused-ring (bicyclic) bond motifs is 1. The second kappa shape index (κ2) is 7.44. The minimum absolute atomic E-state index is 0.0191. The molecule has 1 aliphatic rings. The van der Waals surface area contributed by atoms with Crippen molar-refractivity contribution < 1.29 is 19.8 Å². The van der Waals surface area contributed by atoms with Crippen LogP contribution >= 0.6 is 0 Å². The predicted octanol–water partition coefficient (Wildman–Crippen LogP) is 3.01. The monoisotopic (exact) mass is 371 g/mol. The topological polar surface area (TPSA) is 130 Å². The molecule has 0 aliphatic heterocycles. The van der Waals surface area contributed by atoms with Crippen LogP contribution in [-0.4, -0.2) is 22.0 Å². The van der Waals surface area contributed by atoms with Crippen LogP contribution in [0.5, 0.6) is 11.5 Å². The molecule has 0 spiro atoms. The third-order valence-electron chi connectivity index (χ3n) is 5.37. The fraction of sp³-hybridized carbons (Fsp3) is 0.400. The average Bonchev–Trinajstić information content (AvgIpc) is 2.67. The number of carbonyl (C=O) groups excluding carboxylic acids is 2. The Morgan fingerprint density at radius 1 is 1.19 bits per heavy atom. The Kier molecular flexibility index (Phi) is 5.23. The number of hydrazine groups is 1. The van der Waals surface area contributed by atoms with Crippen LogP contribution in [0.3, 0.4) is 0 Å². The maximum Gasteiger partial charge on any atom is 0.252 e. The van der Waals surface area contributed by atoms with Gasteiger partial charge < -0.3 is 15.9 Å². The molecule has 0 radical (unpaired) electrons. The smallest absolute Gasteiger partial charge is 0.252 e. The highest BCUT2D eigenvalue weighted by atomic mass is 16.3. The molecule has 0 heterocycles. The molecule has 1 fully saturated rings. The van der Waals surface area contributed by atoms with Gasteiger partial charge in [0.25, 0.3) is 5.91 Å². The third kappa shape index (κ3) is 3.19. The van der Waals surface area contributed by atoms with Crippen LogP contribution < -0.4 is 16.6 Å². The summed E-state index contributed by atoms with van der Waals surface area (Å²) >= 11 is 0. The number of phenols is 2. The van der Waals surface area contributed by atoms with Crippen molar-refractivity contribution in [2.45, 2.75) is 51.4 Å². The number of nitrogens with zero attached hydrogens (tertiary/aromatic N) is 1. The van der Waals surface area contributed by atoms with Crippen LogP contribution in [0.2, 0.25) is 0 Å². The fourth-order valence-electron chi connectivity index (χ4n) is 4.11. The maximum atomic E-state index is 12.3. The molecule has 2 aromatic carbocycles. The number of anilines is 1. The Balaban J connectivity index is 2.42. The van der Waals surface area contributed by atoms with E-state index in [2.05, 4.69) is 0 Å². The van der Waals surface area contributed by atoms with Gasteiger partial charge in [-0.15, -0.1) is 0 Å². The molecule has 0 aromatic heterocycles. The van der Waals surface area contributed by atoms with E-state index in [4.69, 9.17) is 11.6 Å². The Morgan fingerprint density at radius 2 is 1.85 bits per heavy atom. The Morgan fingerprint density at radius 3 is 2.44 bits per heavy atom. The molecule has 2 aromatic rings. The van der Waals surface area contributed by atoms with Crippen molar-refractivity contribution in [3.63, 3.8) is 0 Å². The van der Waals surface area contributed by atoms with Gasteiger partial charge in [0.2, 0.25) is 5.91 Å². The summed E-state index contributed by atoms with van der Waals surface area (Å²) in [6, 6.07) is 4.89. The molecule has 0 unspecified atom stereocenters. The third-order valence-corrected chi connectivity index (χ3v) is 5.37. The number of hydrogen-bond acceptors (Lipinski definition) is 5. The summed E-state index contributed by atoms with van der Waals surface area (Å²) in [5.74, 6) is 4.16. The van der Waals surface area contributed by atoms with Crippen molar-refractivity contribution in [3.05, 3.63) is 29.3 Å². The van der Waals surface area contributed by atoms with E-state index in [1.807, 2.05) is 0 Å². The van der Waals surface area contributed by atoms with Crippen molar-refractivity contribution in [2.24, 2.45) is 11.6 Å². The SMILES string of the molecule is CCC(=O)N(N)c1c(O)c(C(N)=O)c(C2CCCCC2)c2cccc(O)c12. The van der Waals surface area contributed by atoms with Crippen LogP contribution in [0.4, 0.5) is 5.69 Å². The molecule has 0 saturated heterocycles. The molecule has 0 atom stereocenters. The van der Waals surface area contributed by atoms with E-state index >= 15 is 0 Å². The van der Waals surface area contributed by atoms with E-state index in [0.717, 1.165) is 37.1 Å². The average molecular weight is 371 g/mol. The van der Waals surface area contributed by atoms with Gasteiger partial charge in [0, 0.05) is 6.42 Å². The molecule has 0 bridgehead atoms. The van der Waals surface area contributed by atoms with E-state index in [1.54, 1.807) is 19.1 Å². The van der Waals surface area contributed by atoms with Crippen molar-refractivity contribution in [2.75, 3.05) is 5.01 Å². The Labute approximate surface area is 157 Å². The first-order valence-electron chi connectivity index (χ1n) is 9.26. The molecule has 144 valence electrons. The highest BCUT2D eigenvalue weighted by Crippen LogP contribution is 2.49. The van der Waals surface area contributed by atoms with Crippen LogP contribution in [0.1, 0.15) is 67.3 Å². The van der Waals surface area contributed by atoms with Crippen LogP contribution in [0.15, 0.2) is 18.2 Å². The van der Waals surface area contributed by atoms with Gasteiger partial charge in [0.05, 0.1) is 10.9 Å². The van der Waals surface area contributed by atoms with Gasteiger partial charge in [-0.25, -0.2) is 10.9 Å². The summed E-state index contributed by atoms with van der Waals surface area (Å²) < 4.78 is 0. The van der Waals surface area contributed by atoms with Gasteiger partial charge in [-0.1, -0.05) is 38.3 Å². The summed E-state index contributed by atoms with van der Waals surface area (Å²) in [5.41, 5.74) is 6.14. The van der Waals surface area contributed by atoms with E-state index in [1.165, 1.54) is 6.07 Å². The quantitative estimate of drug-likeness (QED) is 0.373. The number of primary amides is 1. The Bertz CT molecular complexity index is 904. The van der Waals surface area contributed by atoms with Gasteiger partial charge in [-0.05, 0) is 35.8 Å². The molecule has 1 saturated carbocycles. The maximum absolute atomic E-state index is 12.3. The summed E-state index contributed by atoms with van der Waals surface area (Å²) in [6.07, 6.45) is 4.98. The normalized spacial score (nSPS) is 15.0. The van der Waals surface area contributed by atoms with Gasteiger partial charge in [0.15, 0.2) is 5.75 Å². The molecular formula is C20H25N3O4. The summed E-state index contributed by atoms with van der Waals surface area (Å²) in [4.78, 5) is 24.5. The van der Waals surface area contributed by atoms with Crippen molar-refractivity contribution in [1.82, 2.24) is 0 Å². The molecule has 3 rings (SSSR count). The number of carbonyl (C=O) groups is 2. The minimum atomic E-state index is -0.781. The first-order valence-corrected chi connectivity index (χ1v) is 9.26. The van der Waals surface area contributed by atoms with E-state index < -0.39 is 17.6 Å². The molecule has 27 heavy (non-hydrogen) atoms. The highest BCUT2D eigenvalue weighted by Gasteiger charge is 2.31. The van der Waals surface area contributed by atoms with Crippen LogP contribution in [0, 0.1) is 0 Å². The van der Waals surface area contributed by atoms with Crippen molar-refractivity contribution in [1.29, 1.82) is 0 Å². The van der Waals surface area contributed by atoms with Gasteiger partial charge in [-0.3, -0.25) is 9.59 Å². The number of rotatable bonds is 4. The largest absolute Gasteiger partial charge is 0.507 e. The standard InChI is InChI=1S/C20H25N3O4/c1-2-14(25)23(22)18-16-12(9-6-10-13(16)24)15(11-7-4-3-5-8-11)17(19(18)26)20(21)27/h6,9-11,24,26H,2-5,7-8,22H2,1H3,(H2,21,27). The zero-order chi connectivity index (χ0) is 19.7. The number of phenolic OH excluding ortho intramolecular Hbond substituents is 1. The summed E-state index contributed by atoms with van der Waals surface area (Å²) in [6.45, 7) is 1.63. The molecule has 1 aliphatic carbocycles. The number of nitrogens with two attached hydrogens (primary N) is 2. The van der Waals surface area contributed by atoms with E-state index in [-0.39, 0.29) is 34.7 Å². The highest BCUT2D eigenvalue weighted by molar-refractivity contribution is 6.15. The first kappa shape index (κ1) is 19.0. The molecule has 2 amide bonds. The molecular weight excluding hydrogens is 346 g/mol. The van der Waals surface area contributed by atoms with Crippen molar-refractivity contribution >= 4 is 28.3 Å². The lowest BCUT2D eigenvalue weighted by molar-refractivity contribution is -0.118. The lowest BCUT2D eigenvalue weighted by Gasteiger charge is -2.29. The van der Waals surface area contributed by atoms with Gasteiger partial charge >= 0.3 is 0 Å². The van der Waals surface area contributed by atoms with Crippen molar-refractivity contribution in [3.8, 4) is 11.5 Å². The Hall–Kier alpha value is -2.80. The first-order chi connectivity index (χ1) is 12.9. The van der Waals surface area contributed by atoms with E-state index in [9.17, 15) is 19.8 Å². The summed E-state index contributed by atoms with van der Waals surface area (Å²) in [7, 11) is 0. The summed E-state index contributed by atoms with van der Waals surface area (Å²) in [5, 5.41) is 23.1. The second-order valence-corrected chi connectivity index (χ2v) is 7.00. The predicted molar refractivity (Wildman–Crippen MR) is 104 cm³/mol. The molecule has 7 nitrogen and oxygen atoms in total. The minimum Gasteiger partial charge on any atom is -0.507 e. The zero-order valence-corrected chi connectivity index (χ0v) is 15.4. The number of amides is 2. The van der Waals surface area contributed by atoms with Gasteiger partial charge in [-0.2, -0.15) is 0 Å². The fourth-order valence-corrected chi connectivity index (χ4v) is 4.11. The second-order valence-electron chi connectivity index (χ2n) is 7.00. The zero-order valence-electron chi connectivity index (χ0n) is 15.4. The number of benzene rings is 2. The lowest BCUT2D eigenvalue weighted by atomic mass is 9.79. The van der Waals surface area contributed by atoms with Gasteiger partial charge in [0.1, 0.15) is 11.4 Å². The number of aromatic hydroxyl groups is 2. The molecule has 7 heteroatoms. The van der Waals surface area contributed by atoms with Crippen LogP contribution in [0.25, 0.3) is 10.8 Å². The number of hydrogen-bond donors (Lipinski definition) is 4. The van der Waals surface area contributed by atoms with Crippen LogP contribution in [-0.2, 0) is 4.79 Å². The lowest BCUT2D eigenvalue weighted by Crippen LogP contribution is -2.37.